The zero-order valence-corrected chi connectivity index (χ0v) is 16.4. The summed E-state index contributed by atoms with van der Waals surface area (Å²) in [6.45, 7) is 5.73. The predicted octanol–water partition coefficient (Wildman–Crippen LogP) is 3.64. The monoisotopic (exact) mass is 384 g/mol. The van der Waals surface area contributed by atoms with Gasteiger partial charge in [0.25, 0.3) is 0 Å². The second-order valence-electron chi connectivity index (χ2n) is 5.78. The van der Waals surface area contributed by atoms with Gasteiger partial charge in [0.15, 0.2) is 5.11 Å². The number of esters is 2. The zero-order valence-electron chi connectivity index (χ0n) is 14.8. The molecule has 0 saturated heterocycles. The van der Waals surface area contributed by atoms with Crippen molar-refractivity contribution < 1.29 is 19.1 Å². The van der Waals surface area contributed by atoms with Crippen molar-refractivity contribution in [2.75, 3.05) is 18.5 Å². The summed E-state index contributed by atoms with van der Waals surface area (Å²) in [6.07, 6.45) is 4.56. The van der Waals surface area contributed by atoms with Gasteiger partial charge in [0.05, 0.1) is 18.8 Å². The van der Waals surface area contributed by atoms with Gasteiger partial charge in [-0.05, 0) is 51.4 Å². The molecule has 1 saturated carbocycles. The van der Waals surface area contributed by atoms with Crippen LogP contribution in [0.15, 0.2) is 0 Å². The summed E-state index contributed by atoms with van der Waals surface area (Å²) in [5.74, 6) is -0.920. The Balaban J connectivity index is 2.23. The fourth-order valence-corrected chi connectivity index (χ4v) is 4.26. The molecule has 0 bridgehead atoms. The molecule has 0 radical (unpaired) electrons. The van der Waals surface area contributed by atoms with E-state index in [2.05, 4.69) is 10.6 Å². The fraction of sp³-hybridized carbons (Fsp3) is 0.588. The quantitative estimate of drug-likeness (QED) is 0.573. The molecule has 2 N–H and O–H groups in total. The Morgan fingerprint density at radius 2 is 1.76 bits per heavy atom. The summed E-state index contributed by atoms with van der Waals surface area (Å²) in [4.78, 5) is 24.9. The van der Waals surface area contributed by atoms with Crippen LogP contribution in [-0.2, 0) is 9.47 Å². The van der Waals surface area contributed by atoms with E-state index in [-0.39, 0.29) is 13.2 Å². The minimum Gasteiger partial charge on any atom is -0.462 e. The smallest absolute Gasteiger partial charge is 0.348 e. The summed E-state index contributed by atoms with van der Waals surface area (Å²) < 4.78 is 10.2. The third-order valence-electron chi connectivity index (χ3n) is 4.00. The number of thiophene rings is 1. The van der Waals surface area contributed by atoms with Gasteiger partial charge < -0.3 is 20.1 Å². The molecule has 1 aliphatic rings. The van der Waals surface area contributed by atoms with Crippen molar-refractivity contribution in [1.82, 2.24) is 5.32 Å². The highest BCUT2D eigenvalue weighted by atomic mass is 32.1. The highest BCUT2D eigenvalue weighted by Crippen LogP contribution is 2.34. The standard InChI is InChI=1S/C17H24N2O4S2/c1-4-22-15(20)12-10(3)13(16(21)23-5-2)25-14(12)19-17(24)18-11-8-6-7-9-11/h11H,4-9H2,1-3H3,(H2,18,19,24). The van der Waals surface area contributed by atoms with Gasteiger partial charge in [0, 0.05) is 6.04 Å². The van der Waals surface area contributed by atoms with E-state index >= 15 is 0 Å². The maximum atomic E-state index is 12.3. The van der Waals surface area contributed by atoms with Crippen LogP contribution < -0.4 is 10.6 Å². The Morgan fingerprint density at radius 3 is 2.36 bits per heavy atom. The van der Waals surface area contributed by atoms with Crippen LogP contribution in [0, 0.1) is 6.92 Å². The third-order valence-corrected chi connectivity index (χ3v) is 5.41. The van der Waals surface area contributed by atoms with Crippen molar-refractivity contribution in [3.8, 4) is 0 Å². The average Bonchev–Trinajstić information content (AvgIpc) is 3.15. The minimum absolute atomic E-state index is 0.257. The summed E-state index contributed by atoms with van der Waals surface area (Å²) in [7, 11) is 0. The lowest BCUT2D eigenvalue weighted by Gasteiger charge is -2.15. The van der Waals surface area contributed by atoms with E-state index in [9.17, 15) is 9.59 Å². The third kappa shape index (κ3) is 4.92. The molecule has 0 unspecified atom stereocenters. The second kappa shape index (κ2) is 9.15. The predicted molar refractivity (Wildman–Crippen MR) is 103 cm³/mol. The van der Waals surface area contributed by atoms with E-state index in [1.807, 2.05) is 0 Å². The van der Waals surface area contributed by atoms with Crippen LogP contribution in [-0.4, -0.2) is 36.3 Å². The molecule has 1 aliphatic carbocycles. The first kappa shape index (κ1) is 19.7. The van der Waals surface area contributed by atoms with Crippen LogP contribution in [0.25, 0.3) is 0 Å². The van der Waals surface area contributed by atoms with Gasteiger partial charge in [-0.1, -0.05) is 12.8 Å². The summed E-state index contributed by atoms with van der Waals surface area (Å²) in [5.41, 5.74) is 0.888. The van der Waals surface area contributed by atoms with Crippen LogP contribution in [0.5, 0.6) is 0 Å². The van der Waals surface area contributed by atoms with Crippen molar-refractivity contribution in [1.29, 1.82) is 0 Å². The lowest BCUT2D eigenvalue weighted by atomic mass is 10.1. The van der Waals surface area contributed by atoms with E-state index in [4.69, 9.17) is 21.7 Å². The molecule has 0 atom stereocenters. The molecule has 138 valence electrons. The number of hydrogen-bond acceptors (Lipinski definition) is 6. The number of carbonyl (C=O) groups is 2. The van der Waals surface area contributed by atoms with Crippen LogP contribution in [0.3, 0.4) is 0 Å². The number of thiocarbonyl (C=S) groups is 1. The van der Waals surface area contributed by atoms with Crippen LogP contribution in [0.4, 0.5) is 5.00 Å². The van der Waals surface area contributed by atoms with Gasteiger partial charge in [0.2, 0.25) is 0 Å². The maximum Gasteiger partial charge on any atom is 0.348 e. The van der Waals surface area contributed by atoms with Crippen LogP contribution >= 0.6 is 23.6 Å². The lowest BCUT2D eigenvalue weighted by molar-refractivity contribution is 0.0527. The van der Waals surface area contributed by atoms with Crippen LogP contribution in [0.1, 0.15) is 65.1 Å². The second-order valence-corrected chi connectivity index (χ2v) is 7.21. The molecule has 0 aromatic carbocycles. The molecule has 1 fully saturated rings. The Hall–Kier alpha value is -1.67. The van der Waals surface area contributed by atoms with E-state index < -0.39 is 11.9 Å². The Labute approximate surface area is 157 Å². The maximum absolute atomic E-state index is 12.3. The van der Waals surface area contributed by atoms with E-state index in [0.29, 0.717) is 32.2 Å². The highest BCUT2D eigenvalue weighted by Gasteiger charge is 2.27. The number of carbonyl (C=O) groups excluding carboxylic acids is 2. The number of rotatable bonds is 6. The Bertz CT molecular complexity index is 651. The molecule has 2 rings (SSSR count). The van der Waals surface area contributed by atoms with E-state index in [0.717, 1.165) is 24.2 Å². The number of hydrogen-bond donors (Lipinski definition) is 2. The van der Waals surface area contributed by atoms with Crippen LogP contribution in [0.2, 0.25) is 0 Å². The molecule has 1 aromatic rings. The highest BCUT2D eigenvalue weighted by molar-refractivity contribution is 7.80. The topological polar surface area (TPSA) is 76.7 Å². The molecule has 8 heteroatoms. The van der Waals surface area contributed by atoms with Gasteiger partial charge >= 0.3 is 11.9 Å². The molecule has 25 heavy (non-hydrogen) atoms. The number of ether oxygens (including phenoxy) is 2. The zero-order chi connectivity index (χ0) is 18.4. The van der Waals surface area contributed by atoms with Gasteiger partial charge in [-0.25, -0.2) is 9.59 Å². The number of anilines is 1. The Morgan fingerprint density at radius 1 is 1.16 bits per heavy atom. The SMILES string of the molecule is CCOC(=O)c1sc(NC(=S)NC2CCCC2)c(C(=O)OCC)c1C. The normalized spacial score (nSPS) is 14.2. The fourth-order valence-electron chi connectivity index (χ4n) is 2.84. The first-order valence-electron chi connectivity index (χ1n) is 8.53. The molecule has 1 aromatic heterocycles. The van der Waals surface area contributed by atoms with E-state index in [1.165, 1.54) is 12.8 Å². The Kier molecular flexibility index (Phi) is 7.19. The van der Waals surface area contributed by atoms with Gasteiger partial charge in [-0.2, -0.15) is 0 Å². The van der Waals surface area contributed by atoms with Crippen molar-refractivity contribution in [2.45, 2.75) is 52.5 Å². The van der Waals surface area contributed by atoms with E-state index in [1.54, 1.807) is 20.8 Å². The number of nitrogens with one attached hydrogen (secondary N) is 2. The summed E-state index contributed by atoms with van der Waals surface area (Å²) >= 11 is 6.53. The molecule has 6 nitrogen and oxygen atoms in total. The molecule has 0 amide bonds. The van der Waals surface area contributed by atoms with Gasteiger partial charge in [0.1, 0.15) is 9.88 Å². The summed E-state index contributed by atoms with van der Waals surface area (Å²) in [5, 5.41) is 7.29. The summed E-state index contributed by atoms with van der Waals surface area (Å²) in [6, 6.07) is 0.358. The molecule has 0 spiro atoms. The average molecular weight is 385 g/mol. The molecule has 1 heterocycles. The first-order chi connectivity index (χ1) is 12.0. The van der Waals surface area contributed by atoms with Gasteiger partial charge in [-0.15, -0.1) is 11.3 Å². The van der Waals surface area contributed by atoms with Crippen molar-refractivity contribution in [3.05, 3.63) is 16.0 Å². The van der Waals surface area contributed by atoms with Gasteiger partial charge in [-0.3, -0.25) is 0 Å². The van der Waals surface area contributed by atoms with Crippen molar-refractivity contribution in [3.63, 3.8) is 0 Å². The lowest BCUT2D eigenvalue weighted by Crippen LogP contribution is -2.36. The molecular weight excluding hydrogens is 360 g/mol. The largest absolute Gasteiger partial charge is 0.462 e. The first-order valence-corrected chi connectivity index (χ1v) is 9.75. The van der Waals surface area contributed by atoms with Crippen molar-refractivity contribution >= 4 is 45.6 Å². The molecule has 0 aliphatic heterocycles. The molecular formula is C17H24N2O4S2. The van der Waals surface area contributed by atoms with Crippen molar-refractivity contribution in [2.24, 2.45) is 0 Å². The minimum atomic E-state index is -0.474.